The molecule has 2 N–H and O–H groups in total. The van der Waals surface area contributed by atoms with Gasteiger partial charge in [-0.25, -0.2) is 0 Å². The molecule has 0 saturated heterocycles. The molecule has 0 aliphatic heterocycles. The minimum atomic E-state index is -4.49. The van der Waals surface area contributed by atoms with E-state index >= 15 is 0 Å². The Morgan fingerprint density at radius 2 is 1.96 bits per heavy atom. The van der Waals surface area contributed by atoms with Gasteiger partial charge in [-0.05, 0) is 37.6 Å². The first kappa shape index (κ1) is 18.5. The number of anilines is 1. The predicted octanol–water partition coefficient (Wildman–Crippen LogP) is 2.94. The molecule has 5 nitrogen and oxygen atoms in total. The van der Waals surface area contributed by atoms with Gasteiger partial charge in [0.25, 0.3) is 5.91 Å². The number of methoxy groups -OCH3 is 1. The molecule has 8 heteroatoms. The maximum absolute atomic E-state index is 12.2. The Hall–Kier alpha value is -2.51. The number of allylic oxidation sites excluding steroid dienone is 2. The van der Waals surface area contributed by atoms with E-state index in [4.69, 9.17) is 4.74 Å². The predicted molar refractivity (Wildman–Crippen MR) is 79.8 cm³/mol. The van der Waals surface area contributed by atoms with Gasteiger partial charge in [-0.3, -0.25) is 9.59 Å². The molecule has 126 valence electrons. The number of amides is 2. The molecule has 0 fully saturated rings. The van der Waals surface area contributed by atoms with Gasteiger partial charge < -0.3 is 15.4 Å². The topological polar surface area (TPSA) is 67.4 Å². The lowest BCUT2D eigenvalue weighted by molar-refractivity contribution is -0.123. The summed E-state index contributed by atoms with van der Waals surface area (Å²) < 4.78 is 41.6. The third-order valence-electron chi connectivity index (χ3n) is 3.18. The third-order valence-corrected chi connectivity index (χ3v) is 3.18. The van der Waals surface area contributed by atoms with E-state index in [0.717, 1.165) is 0 Å². The zero-order valence-electron chi connectivity index (χ0n) is 12.9. The van der Waals surface area contributed by atoms with Crippen LogP contribution in [0.4, 0.5) is 18.9 Å². The number of carbonyl (C=O) groups excluding carboxylic acids is 2. The van der Waals surface area contributed by atoms with Crippen LogP contribution >= 0.6 is 0 Å². The van der Waals surface area contributed by atoms with Gasteiger partial charge in [-0.15, -0.1) is 0 Å². The Labute approximate surface area is 131 Å². The molecule has 0 heterocycles. The fourth-order valence-corrected chi connectivity index (χ4v) is 1.81. The van der Waals surface area contributed by atoms with Crippen molar-refractivity contribution in [3.8, 4) is 0 Å². The fourth-order valence-electron chi connectivity index (χ4n) is 1.81. The lowest BCUT2D eigenvalue weighted by atomic mass is 10.0. The summed E-state index contributed by atoms with van der Waals surface area (Å²) in [6.07, 6.45) is -4.02. The smallest absolute Gasteiger partial charge is 0.405 e. The van der Waals surface area contributed by atoms with E-state index < -0.39 is 18.6 Å². The molecule has 1 aromatic carbocycles. The van der Waals surface area contributed by atoms with Crippen LogP contribution in [0, 0.1) is 0 Å². The lowest BCUT2D eigenvalue weighted by Crippen LogP contribution is -2.33. The van der Waals surface area contributed by atoms with E-state index in [-0.39, 0.29) is 5.56 Å². The SMILES string of the molecule is CO/C(C)=C(\C)c1cc(C(=O)NCC(F)(F)F)ccc1NC=O. The highest BCUT2D eigenvalue weighted by Gasteiger charge is 2.28. The summed E-state index contributed by atoms with van der Waals surface area (Å²) >= 11 is 0. The summed E-state index contributed by atoms with van der Waals surface area (Å²) in [4.78, 5) is 22.5. The van der Waals surface area contributed by atoms with Gasteiger partial charge >= 0.3 is 6.18 Å². The number of carbonyl (C=O) groups is 2. The molecule has 0 atom stereocenters. The first-order chi connectivity index (χ1) is 10.7. The molecular weight excluding hydrogens is 313 g/mol. The molecule has 0 aromatic heterocycles. The summed E-state index contributed by atoms with van der Waals surface area (Å²) in [5.74, 6) is -0.309. The Morgan fingerprint density at radius 1 is 1.30 bits per heavy atom. The minimum absolute atomic E-state index is 0.0453. The van der Waals surface area contributed by atoms with E-state index in [1.54, 1.807) is 19.2 Å². The van der Waals surface area contributed by atoms with Crippen molar-refractivity contribution in [2.75, 3.05) is 19.0 Å². The summed E-state index contributed by atoms with van der Waals surface area (Å²) in [5, 5.41) is 4.27. The third kappa shape index (κ3) is 5.32. The van der Waals surface area contributed by atoms with Gasteiger partial charge in [0.2, 0.25) is 6.41 Å². The molecule has 2 amide bonds. The zero-order chi connectivity index (χ0) is 17.6. The lowest BCUT2D eigenvalue weighted by Gasteiger charge is -2.14. The van der Waals surface area contributed by atoms with Crippen molar-refractivity contribution in [1.82, 2.24) is 5.32 Å². The molecule has 0 aliphatic carbocycles. The second kappa shape index (κ2) is 7.66. The van der Waals surface area contributed by atoms with E-state index in [1.165, 1.54) is 25.3 Å². The van der Waals surface area contributed by atoms with Gasteiger partial charge in [0.1, 0.15) is 6.54 Å². The molecule has 0 bridgehead atoms. The maximum Gasteiger partial charge on any atom is 0.405 e. The van der Waals surface area contributed by atoms with Crippen LogP contribution in [0.1, 0.15) is 29.8 Å². The number of nitrogens with one attached hydrogen (secondary N) is 2. The number of benzene rings is 1. The highest BCUT2D eigenvalue weighted by atomic mass is 19.4. The average molecular weight is 330 g/mol. The molecule has 0 spiro atoms. The van der Waals surface area contributed by atoms with Gasteiger partial charge in [0.15, 0.2) is 0 Å². The maximum atomic E-state index is 12.2. The van der Waals surface area contributed by atoms with E-state index in [2.05, 4.69) is 5.32 Å². The summed E-state index contributed by atoms with van der Waals surface area (Å²) in [6, 6.07) is 4.17. The number of hydrogen-bond acceptors (Lipinski definition) is 3. The second-order valence-corrected chi connectivity index (χ2v) is 4.71. The Kier molecular flexibility index (Phi) is 6.18. The molecule has 23 heavy (non-hydrogen) atoms. The van der Waals surface area contributed by atoms with Crippen LogP contribution < -0.4 is 10.6 Å². The van der Waals surface area contributed by atoms with Crippen molar-refractivity contribution in [2.24, 2.45) is 0 Å². The molecule has 0 saturated carbocycles. The monoisotopic (exact) mass is 330 g/mol. The van der Waals surface area contributed by atoms with Crippen LogP contribution in [0.2, 0.25) is 0 Å². The number of ether oxygens (including phenoxy) is 1. The number of hydrogen-bond donors (Lipinski definition) is 2. The molecule has 0 radical (unpaired) electrons. The highest BCUT2D eigenvalue weighted by Crippen LogP contribution is 2.27. The van der Waals surface area contributed by atoms with Crippen LogP contribution in [0.25, 0.3) is 5.57 Å². The fraction of sp³-hybridized carbons (Fsp3) is 0.333. The summed E-state index contributed by atoms with van der Waals surface area (Å²) in [5.41, 5.74) is 1.59. The van der Waals surface area contributed by atoms with Crippen molar-refractivity contribution in [3.63, 3.8) is 0 Å². The van der Waals surface area contributed by atoms with Crippen LogP contribution in [0.3, 0.4) is 0 Å². The van der Waals surface area contributed by atoms with E-state index in [9.17, 15) is 22.8 Å². The molecule has 1 aromatic rings. The Balaban J connectivity index is 3.18. The minimum Gasteiger partial charge on any atom is -0.501 e. The van der Waals surface area contributed by atoms with Crippen molar-refractivity contribution in [3.05, 3.63) is 35.1 Å². The van der Waals surface area contributed by atoms with Gasteiger partial charge in [0, 0.05) is 16.8 Å². The first-order valence-corrected chi connectivity index (χ1v) is 6.60. The average Bonchev–Trinajstić information content (AvgIpc) is 2.51. The van der Waals surface area contributed by atoms with Crippen LogP contribution in [0.5, 0.6) is 0 Å². The van der Waals surface area contributed by atoms with Crippen molar-refractivity contribution in [2.45, 2.75) is 20.0 Å². The number of alkyl halides is 3. The van der Waals surface area contributed by atoms with Gasteiger partial charge in [-0.1, -0.05) is 0 Å². The quantitative estimate of drug-likeness (QED) is 0.622. The molecule has 0 unspecified atom stereocenters. The van der Waals surface area contributed by atoms with Crippen LogP contribution in [-0.2, 0) is 9.53 Å². The van der Waals surface area contributed by atoms with Crippen molar-refractivity contribution >= 4 is 23.6 Å². The van der Waals surface area contributed by atoms with Crippen molar-refractivity contribution in [1.29, 1.82) is 0 Å². The second-order valence-electron chi connectivity index (χ2n) is 4.71. The summed E-state index contributed by atoms with van der Waals surface area (Å²) in [6.45, 7) is 1.99. The standard InChI is InChI=1S/C15H17F3N2O3/c1-9(10(2)23-3)12-6-11(4-5-13(12)20-8-21)14(22)19-7-15(16,17)18/h4-6,8H,7H2,1-3H3,(H,19,22)(H,20,21)/b10-9+. The molecular formula is C15H17F3N2O3. The Morgan fingerprint density at radius 3 is 2.48 bits per heavy atom. The van der Waals surface area contributed by atoms with Crippen LogP contribution in [0.15, 0.2) is 24.0 Å². The normalized spacial score (nSPS) is 12.3. The number of halogens is 3. The summed E-state index contributed by atoms with van der Waals surface area (Å²) in [7, 11) is 1.46. The largest absolute Gasteiger partial charge is 0.501 e. The molecule has 0 aliphatic rings. The molecule has 1 rings (SSSR count). The first-order valence-electron chi connectivity index (χ1n) is 6.60. The van der Waals surface area contributed by atoms with Gasteiger partial charge in [-0.2, -0.15) is 13.2 Å². The van der Waals surface area contributed by atoms with Crippen molar-refractivity contribution < 1.29 is 27.5 Å². The van der Waals surface area contributed by atoms with E-state index in [0.29, 0.717) is 29.0 Å². The van der Waals surface area contributed by atoms with Crippen LogP contribution in [-0.4, -0.2) is 32.1 Å². The highest BCUT2D eigenvalue weighted by molar-refractivity contribution is 5.97. The number of rotatable bonds is 6. The zero-order valence-corrected chi connectivity index (χ0v) is 12.9. The Bertz CT molecular complexity index is 625. The van der Waals surface area contributed by atoms with Gasteiger partial charge in [0.05, 0.1) is 12.9 Å². The van der Waals surface area contributed by atoms with E-state index in [1.807, 2.05) is 0 Å².